The molecule has 0 atom stereocenters. The molecule has 0 aliphatic rings. The van der Waals surface area contributed by atoms with Crippen LogP contribution in [0.1, 0.15) is 5.56 Å². The van der Waals surface area contributed by atoms with E-state index in [1.54, 1.807) is 6.20 Å². The first-order chi connectivity index (χ1) is 10.1. The zero-order valence-corrected chi connectivity index (χ0v) is 11.8. The van der Waals surface area contributed by atoms with Crippen molar-refractivity contribution in [2.24, 2.45) is 0 Å². The smallest absolute Gasteiger partial charge is 0.243 e. The van der Waals surface area contributed by atoms with Crippen LogP contribution >= 0.6 is 0 Å². The highest BCUT2D eigenvalue weighted by atomic mass is 32.2. The number of aromatic nitrogens is 4. The van der Waals surface area contributed by atoms with Crippen LogP contribution in [0.25, 0.3) is 11.3 Å². The lowest BCUT2D eigenvalue weighted by atomic mass is 10.1. The fraction of sp³-hybridized carbons (Fsp3) is 0.0769. The highest BCUT2D eigenvalue weighted by molar-refractivity contribution is 7.89. The Labute approximate surface area is 121 Å². The second-order valence-electron chi connectivity index (χ2n) is 4.43. The van der Waals surface area contributed by atoms with E-state index >= 15 is 0 Å². The van der Waals surface area contributed by atoms with Crippen LogP contribution < -0.4 is 4.72 Å². The first kappa shape index (κ1) is 13.5. The van der Waals surface area contributed by atoms with Crippen LogP contribution in [0, 0.1) is 0 Å². The maximum Gasteiger partial charge on any atom is 0.243 e. The molecule has 0 unspecified atom stereocenters. The molecule has 0 aliphatic heterocycles. The highest BCUT2D eigenvalue weighted by Gasteiger charge is 2.14. The van der Waals surface area contributed by atoms with Crippen molar-refractivity contribution in [1.82, 2.24) is 25.1 Å². The highest BCUT2D eigenvalue weighted by Crippen LogP contribution is 2.16. The third kappa shape index (κ3) is 3.01. The van der Waals surface area contributed by atoms with Gasteiger partial charge in [0.1, 0.15) is 4.90 Å². The van der Waals surface area contributed by atoms with E-state index in [1.807, 2.05) is 30.3 Å². The Morgan fingerprint density at radius 1 is 1.10 bits per heavy atom. The van der Waals surface area contributed by atoms with Crippen LogP contribution in [0.2, 0.25) is 0 Å². The zero-order chi connectivity index (χ0) is 14.7. The summed E-state index contributed by atoms with van der Waals surface area (Å²) in [5, 5.41) is 12.9. The minimum Gasteiger partial charge on any atom is -0.284 e. The summed E-state index contributed by atoms with van der Waals surface area (Å²) in [4.78, 5) is 0.122. The topological polar surface area (TPSA) is 104 Å². The van der Waals surface area contributed by atoms with Crippen molar-refractivity contribution in [3.63, 3.8) is 0 Å². The number of H-pyrrole nitrogens is 2. The summed E-state index contributed by atoms with van der Waals surface area (Å²) in [7, 11) is -3.53. The summed E-state index contributed by atoms with van der Waals surface area (Å²) in [6, 6.07) is 9.43. The molecule has 2 heterocycles. The molecule has 0 fully saturated rings. The molecule has 0 spiro atoms. The van der Waals surface area contributed by atoms with Gasteiger partial charge in [-0.05, 0) is 17.2 Å². The number of sulfonamides is 1. The first-order valence-electron chi connectivity index (χ1n) is 6.22. The van der Waals surface area contributed by atoms with Crippen LogP contribution in [0.3, 0.4) is 0 Å². The quantitative estimate of drug-likeness (QED) is 0.660. The van der Waals surface area contributed by atoms with Crippen molar-refractivity contribution in [2.75, 3.05) is 0 Å². The number of hydrogen-bond acceptors (Lipinski definition) is 4. The zero-order valence-electron chi connectivity index (χ0n) is 10.9. The number of nitrogens with zero attached hydrogens (tertiary/aromatic N) is 2. The minimum absolute atomic E-state index is 0.122. The lowest BCUT2D eigenvalue weighted by Gasteiger charge is -2.05. The lowest BCUT2D eigenvalue weighted by Crippen LogP contribution is -2.22. The molecule has 2 aromatic heterocycles. The van der Waals surface area contributed by atoms with Gasteiger partial charge in [-0.3, -0.25) is 10.2 Å². The Kier molecular flexibility index (Phi) is 3.55. The van der Waals surface area contributed by atoms with Crippen LogP contribution in [-0.2, 0) is 16.6 Å². The maximum absolute atomic E-state index is 11.9. The molecule has 1 aromatic carbocycles. The molecule has 8 heteroatoms. The van der Waals surface area contributed by atoms with E-state index in [0.29, 0.717) is 0 Å². The number of nitrogens with one attached hydrogen (secondary N) is 3. The van der Waals surface area contributed by atoms with E-state index in [9.17, 15) is 8.42 Å². The van der Waals surface area contributed by atoms with Crippen LogP contribution in [0.15, 0.2) is 53.8 Å². The van der Waals surface area contributed by atoms with E-state index in [2.05, 4.69) is 25.1 Å². The number of benzene rings is 1. The van der Waals surface area contributed by atoms with Gasteiger partial charge in [0.25, 0.3) is 0 Å². The average Bonchev–Trinajstić information content (AvgIpc) is 3.19. The van der Waals surface area contributed by atoms with E-state index in [4.69, 9.17) is 0 Å². The molecule has 0 aliphatic carbocycles. The van der Waals surface area contributed by atoms with Gasteiger partial charge in [-0.2, -0.15) is 10.2 Å². The fourth-order valence-electron chi connectivity index (χ4n) is 1.87. The van der Waals surface area contributed by atoms with Gasteiger partial charge in [0.05, 0.1) is 11.9 Å². The van der Waals surface area contributed by atoms with Gasteiger partial charge in [0, 0.05) is 18.9 Å². The van der Waals surface area contributed by atoms with Crippen LogP contribution in [0.5, 0.6) is 0 Å². The lowest BCUT2D eigenvalue weighted by molar-refractivity contribution is 0.581. The van der Waals surface area contributed by atoms with Crippen molar-refractivity contribution in [3.05, 3.63) is 54.5 Å². The molecule has 3 N–H and O–H groups in total. The van der Waals surface area contributed by atoms with Gasteiger partial charge >= 0.3 is 0 Å². The predicted octanol–water partition coefficient (Wildman–Crippen LogP) is 1.28. The Morgan fingerprint density at radius 3 is 2.52 bits per heavy atom. The molecule has 0 radical (unpaired) electrons. The second kappa shape index (κ2) is 5.51. The summed E-state index contributed by atoms with van der Waals surface area (Å²) in [5.74, 6) is 0. The van der Waals surface area contributed by atoms with Crippen LogP contribution in [-0.4, -0.2) is 28.8 Å². The van der Waals surface area contributed by atoms with E-state index in [0.717, 1.165) is 16.8 Å². The predicted molar refractivity (Wildman–Crippen MR) is 76.6 cm³/mol. The monoisotopic (exact) mass is 303 g/mol. The SMILES string of the molecule is O=S(=O)(NCc1ccc(-c2ccn[nH]2)cc1)c1cn[nH]c1. The van der Waals surface area contributed by atoms with Gasteiger partial charge in [0.15, 0.2) is 0 Å². The van der Waals surface area contributed by atoms with Gasteiger partial charge in [-0.15, -0.1) is 0 Å². The number of hydrogen-bond donors (Lipinski definition) is 3. The third-order valence-corrected chi connectivity index (χ3v) is 4.38. The molecule has 0 bridgehead atoms. The summed E-state index contributed by atoms with van der Waals surface area (Å²) >= 11 is 0. The van der Waals surface area contributed by atoms with Crippen molar-refractivity contribution in [1.29, 1.82) is 0 Å². The fourth-order valence-corrected chi connectivity index (χ4v) is 2.79. The summed E-state index contributed by atoms with van der Waals surface area (Å²) < 4.78 is 26.4. The maximum atomic E-state index is 11.9. The Balaban J connectivity index is 1.69. The summed E-state index contributed by atoms with van der Waals surface area (Å²) in [6.07, 6.45) is 4.29. The van der Waals surface area contributed by atoms with E-state index in [-0.39, 0.29) is 11.4 Å². The van der Waals surface area contributed by atoms with Gasteiger partial charge < -0.3 is 0 Å². The van der Waals surface area contributed by atoms with Crippen molar-refractivity contribution in [2.45, 2.75) is 11.4 Å². The average molecular weight is 303 g/mol. The molecule has 0 saturated heterocycles. The number of aromatic amines is 2. The van der Waals surface area contributed by atoms with Gasteiger partial charge in [-0.25, -0.2) is 13.1 Å². The molecule has 3 aromatic rings. The van der Waals surface area contributed by atoms with Gasteiger partial charge in [-0.1, -0.05) is 24.3 Å². The molecule has 0 amide bonds. The van der Waals surface area contributed by atoms with Crippen molar-refractivity contribution >= 4 is 10.0 Å². The molecular weight excluding hydrogens is 290 g/mol. The van der Waals surface area contributed by atoms with Crippen molar-refractivity contribution < 1.29 is 8.42 Å². The normalized spacial score (nSPS) is 11.6. The van der Waals surface area contributed by atoms with Gasteiger partial charge in [0.2, 0.25) is 10.0 Å². The first-order valence-corrected chi connectivity index (χ1v) is 7.70. The molecule has 21 heavy (non-hydrogen) atoms. The van der Waals surface area contributed by atoms with Crippen LogP contribution in [0.4, 0.5) is 0 Å². The largest absolute Gasteiger partial charge is 0.284 e. The van der Waals surface area contributed by atoms with E-state index in [1.165, 1.54) is 12.4 Å². The van der Waals surface area contributed by atoms with Crippen molar-refractivity contribution in [3.8, 4) is 11.3 Å². The molecule has 0 saturated carbocycles. The number of rotatable bonds is 5. The summed E-state index contributed by atoms with van der Waals surface area (Å²) in [5.41, 5.74) is 2.78. The molecular formula is C13H13N5O2S. The summed E-state index contributed by atoms with van der Waals surface area (Å²) in [6.45, 7) is 0.219. The minimum atomic E-state index is -3.53. The Hall–Kier alpha value is -2.45. The molecule has 3 rings (SSSR count). The Bertz CT molecular complexity index is 793. The standard InChI is InChI=1S/C13H13N5O2S/c19-21(20,12-8-15-16-9-12)17-7-10-1-3-11(4-2-10)13-5-6-14-18-13/h1-6,8-9,17H,7H2,(H,14,18)(H,15,16). The van der Waals surface area contributed by atoms with E-state index < -0.39 is 10.0 Å². The second-order valence-corrected chi connectivity index (χ2v) is 6.19. The molecule has 108 valence electrons. The third-order valence-electron chi connectivity index (χ3n) is 3.02. The Morgan fingerprint density at radius 2 is 1.90 bits per heavy atom. The molecule has 7 nitrogen and oxygen atoms in total.